The highest BCUT2D eigenvalue weighted by atomic mass is 19.2. The predicted octanol–water partition coefficient (Wildman–Crippen LogP) is 2.78. The predicted molar refractivity (Wildman–Crippen MR) is 77.8 cm³/mol. The molecule has 0 aromatic heterocycles. The van der Waals surface area contributed by atoms with Crippen LogP contribution >= 0.6 is 0 Å². The lowest BCUT2D eigenvalue weighted by atomic mass is 10.0. The van der Waals surface area contributed by atoms with E-state index in [-0.39, 0.29) is 17.7 Å². The van der Waals surface area contributed by atoms with Crippen molar-refractivity contribution in [1.82, 2.24) is 0 Å². The second-order valence-corrected chi connectivity index (χ2v) is 5.08. The minimum absolute atomic E-state index is 0.0957. The molecule has 2 rings (SSSR count). The first-order chi connectivity index (χ1) is 10.8. The molecule has 3 nitrogen and oxygen atoms in total. The van der Waals surface area contributed by atoms with E-state index in [0.29, 0.717) is 6.07 Å². The highest BCUT2D eigenvalue weighted by Gasteiger charge is 2.21. The molecule has 7 heteroatoms. The fourth-order valence-electron chi connectivity index (χ4n) is 2.14. The molecule has 2 aromatic rings. The van der Waals surface area contributed by atoms with Gasteiger partial charge in [0.05, 0.1) is 6.04 Å². The lowest BCUT2D eigenvalue weighted by molar-refractivity contribution is -0.119. The number of hydrogen-bond donors (Lipinski definition) is 1. The van der Waals surface area contributed by atoms with Crippen molar-refractivity contribution in [2.45, 2.75) is 12.5 Å². The number of nitrogens with two attached hydrogens (primary N) is 1. The highest BCUT2D eigenvalue weighted by Crippen LogP contribution is 2.18. The number of benzene rings is 2. The molecule has 0 aliphatic heterocycles. The van der Waals surface area contributed by atoms with Gasteiger partial charge in [-0.05, 0) is 36.2 Å². The van der Waals surface area contributed by atoms with Gasteiger partial charge in [0.1, 0.15) is 11.6 Å². The number of halogens is 4. The Morgan fingerprint density at radius 2 is 1.65 bits per heavy atom. The average Bonchev–Trinajstić information content (AvgIpc) is 2.47. The number of carbonyl (C=O) groups excluding carboxylic acids is 1. The number of hydrogen-bond acceptors (Lipinski definition) is 2. The third-order valence-electron chi connectivity index (χ3n) is 3.32. The van der Waals surface area contributed by atoms with Crippen molar-refractivity contribution < 1.29 is 22.4 Å². The first-order valence-electron chi connectivity index (χ1n) is 6.71. The van der Waals surface area contributed by atoms with Crippen LogP contribution < -0.4 is 10.6 Å². The second-order valence-electron chi connectivity index (χ2n) is 5.08. The van der Waals surface area contributed by atoms with Gasteiger partial charge in [0.2, 0.25) is 5.91 Å². The van der Waals surface area contributed by atoms with Gasteiger partial charge in [-0.25, -0.2) is 17.6 Å². The summed E-state index contributed by atoms with van der Waals surface area (Å²) in [6.45, 7) is 0. The lowest BCUT2D eigenvalue weighted by Gasteiger charge is -2.21. The smallest absolute Gasteiger partial charge is 0.243 e. The standard InChI is InChI=1S/C16H14F4N2O/c1-22(12-2-3-13(19)14(20)8-12)16(23)15(21)6-9-4-10(17)7-11(18)5-9/h2-5,7-8,15H,6,21H2,1H3/t15-/m0/s1. The van der Waals surface area contributed by atoms with Crippen LogP contribution in [0.2, 0.25) is 0 Å². The number of likely N-dealkylation sites (N-methyl/N-ethyl adjacent to an activating group) is 1. The fourth-order valence-corrected chi connectivity index (χ4v) is 2.14. The third kappa shape index (κ3) is 4.07. The van der Waals surface area contributed by atoms with Crippen molar-refractivity contribution in [3.63, 3.8) is 0 Å². The van der Waals surface area contributed by atoms with Crippen molar-refractivity contribution in [2.24, 2.45) is 5.73 Å². The van der Waals surface area contributed by atoms with Crippen molar-refractivity contribution in [3.8, 4) is 0 Å². The van der Waals surface area contributed by atoms with Crippen LogP contribution in [0.1, 0.15) is 5.56 Å². The molecule has 0 aliphatic rings. The largest absolute Gasteiger partial charge is 0.320 e. The van der Waals surface area contributed by atoms with Gasteiger partial charge < -0.3 is 10.6 Å². The van der Waals surface area contributed by atoms with Crippen molar-refractivity contribution >= 4 is 11.6 Å². The summed E-state index contributed by atoms with van der Waals surface area (Å²) in [5, 5.41) is 0. The third-order valence-corrected chi connectivity index (χ3v) is 3.32. The van der Waals surface area contributed by atoms with E-state index >= 15 is 0 Å². The van der Waals surface area contributed by atoms with Crippen LogP contribution in [0, 0.1) is 23.3 Å². The van der Waals surface area contributed by atoms with E-state index in [1.54, 1.807) is 0 Å². The zero-order valence-electron chi connectivity index (χ0n) is 12.2. The van der Waals surface area contributed by atoms with E-state index in [2.05, 4.69) is 0 Å². The Balaban J connectivity index is 2.13. The van der Waals surface area contributed by atoms with Gasteiger partial charge in [-0.1, -0.05) is 0 Å². The monoisotopic (exact) mass is 326 g/mol. The normalized spacial score (nSPS) is 12.1. The Morgan fingerprint density at radius 1 is 1.04 bits per heavy atom. The molecular weight excluding hydrogens is 312 g/mol. The molecule has 0 bridgehead atoms. The highest BCUT2D eigenvalue weighted by molar-refractivity contribution is 5.96. The summed E-state index contributed by atoms with van der Waals surface area (Å²) in [5.41, 5.74) is 6.10. The van der Waals surface area contributed by atoms with Gasteiger partial charge in [-0.2, -0.15) is 0 Å². The van der Waals surface area contributed by atoms with Crippen molar-refractivity contribution in [2.75, 3.05) is 11.9 Å². The summed E-state index contributed by atoms with van der Waals surface area (Å²) in [5.74, 6) is -4.26. The SMILES string of the molecule is CN(C(=O)[C@@H](N)Cc1cc(F)cc(F)c1)c1ccc(F)c(F)c1. The van der Waals surface area contributed by atoms with Gasteiger partial charge >= 0.3 is 0 Å². The molecule has 0 radical (unpaired) electrons. The maximum atomic E-state index is 13.2. The summed E-state index contributed by atoms with van der Waals surface area (Å²) in [7, 11) is 1.35. The Labute approximate surface area is 130 Å². The first kappa shape index (κ1) is 17.0. The molecule has 23 heavy (non-hydrogen) atoms. The fraction of sp³-hybridized carbons (Fsp3) is 0.188. The molecule has 2 aromatic carbocycles. The summed E-state index contributed by atoms with van der Waals surface area (Å²) >= 11 is 0. The molecule has 1 atom stereocenters. The summed E-state index contributed by atoms with van der Waals surface area (Å²) in [4.78, 5) is 13.3. The van der Waals surface area contributed by atoms with Gasteiger partial charge in [0.15, 0.2) is 11.6 Å². The van der Waals surface area contributed by atoms with Crippen molar-refractivity contribution in [1.29, 1.82) is 0 Å². The molecule has 0 heterocycles. The van der Waals surface area contributed by atoms with E-state index < -0.39 is 35.2 Å². The van der Waals surface area contributed by atoms with Gasteiger partial charge in [0.25, 0.3) is 0 Å². The zero-order chi connectivity index (χ0) is 17.1. The quantitative estimate of drug-likeness (QED) is 0.878. The molecule has 0 aliphatic carbocycles. The second kappa shape index (κ2) is 6.78. The molecule has 0 saturated heterocycles. The Bertz CT molecular complexity index is 716. The van der Waals surface area contributed by atoms with E-state index in [9.17, 15) is 22.4 Å². The Kier molecular flexibility index (Phi) is 5.00. The van der Waals surface area contributed by atoms with Gasteiger partial charge in [-0.15, -0.1) is 0 Å². The van der Waals surface area contributed by atoms with Crippen LogP contribution in [0.5, 0.6) is 0 Å². The van der Waals surface area contributed by atoms with Crippen LogP contribution in [-0.2, 0) is 11.2 Å². The molecular formula is C16H14F4N2O. The number of anilines is 1. The molecule has 0 spiro atoms. The van der Waals surface area contributed by atoms with E-state index in [0.717, 1.165) is 29.2 Å². The van der Waals surface area contributed by atoms with Gasteiger partial charge in [-0.3, -0.25) is 4.79 Å². The lowest BCUT2D eigenvalue weighted by Crippen LogP contribution is -2.43. The number of amides is 1. The molecule has 1 amide bonds. The molecule has 0 unspecified atom stereocenters. The number of nitrogens with zero attached hydrogens (tertiary/aromatic N) is 1. The average molecular weight is 326 g/mol. The summed E-state index contributed by atoms with van der Waals surface area (Å²) < 4.78 is 52.4. The maximum absolute atomic E-state index is 13.2. The summed E-state index contributed by atoms with van der Waals surface area (Å²) in [6, 6.07) is 4.76. The molecule has 0 fully saturated rings. The van der Waals surface area contributed by atoms with Gasteiger partial charge in [0, 0.05) is 24.9 Å². The molecule has 0 saturated carbocycles. The molecule has 122 valence electrons. The van der Waals surface area contributed by atoms with Crippen LogP contribution in [0.4, 0.5) is 23.2 Å². The van der Waals surface area contributed by atoms with Crippen LogP contribution in [0.3, 0.4) is 0 Å². The minimum atomic E-state index is -1.09. The number of rotatable bonds is 4. The minimum Gasteiger partial charge on any atom is -0.320 e. The maximum Gasteiger partial charge on any atom is 0.243 e. The Hall–Kier alpha value is -2.41. The Morgan fingerprint density at radius 3 is 2.22 bits per heavy atom. The van der Waals surface area contributed by atoms with E-state index in [4.69, 9.17) is 5.73 Å². The van der Waals surface area contributed by atoms with Crippen LogP contribution in [0.25, 0.3) is 0 Å². The van der Waals surface area contributed by atoms with Crippen molar-refractivity contribution in [3.05, 3.63) is 65.2 Å². The first-order valence-corrected chi connectivity index (χ1v) is 6.71. The summed E-state index contributed by atoms with van der Waals surface area (Å²) in [6.07, 6.45) is -0.0957. The van der Waals surface area contributed by atoms with Crippen LogP contribution in [-0.4, -0.2) is 19.0 Å². The van der Waals surface area contributed by atoms with Crippen LogP contribution in [0.15, 0.2) is 36.4 Å². The zero-order valence-corrected chi connectivity index (χ0v) is 12.2. The molecule has 2 N–H and O–H groups in total. The van der Waals surface area contributed by atoms with E-state index in [1.165, 1.54) is 13.1 Å². The number of carbonyl (C=O) groups is 1. The topological polar surface area (TPSA) is 46.3 Å². The van der Waals surface area contributed by atoms with E-state index in [1.807, 2.05) is 0 Å².